The van der Waals surface area contributed by atoms with Gasteiger partial charge in [0, 0.05) is 29.2 Å². The number of oxime groups is 1. The van der Waals surface area contributed by atoms with Crippen molar-refractivity contribution in [3.8, 4) is 28.7 Å². The molecule has 0 saturated carbocycles. The van der Waals surface area contributed by atoms with Crippen molar-refractivity contribution in [2.45, 2.75) is 38.4 Å². The fourth-order valence-corrected chi connectivity index (χ4v) is 4.60. The summed E-state index contributed by atoms with van der Waals surface area (Å²) < 4.78 is 29.2. The third-order valence-electron chi connectivity index (χ3n) is 6.20. The van der Waals surface area contributed by atoms with E-state index in [0.29, 0.717) is 24.7 Å². The molecule has 2 aromatic rings. The van der Waals surface area contributed by atoms with Crippen molar-refractivity contribution in [3.63, 3.8) is 0 Å². The monoisotopic (exact) mass is 437 g/mol. The van der Waals surface area contributed by atoms with Crippen molar-refractivity contribution >= 4 is 5.71 Å². The zero-order chi connectivity index (χ0) is 22.4. The predicted molar refractivity (Wildman–Crippen MR) is 120 cm³/mol. The maximum Gasteiger partial charge on any atom is 0.173 e. The quantitative estimate of drug-likeness (QED) is 0.629. The molecule has 3 aliphatic heterocycles. The Hall–Kier alpha value is -3.35. The molecule has 0 amide bonds. The molecule has 3 aliphatic rings. The Morgan fingerprint density at radius 3 is 2.66 bits per heavy atom. The minimum atomic E-state index is -0.224. The number of benzene rings is 2. The highest BCUT2D eigenvalue weighted by atomic mass is 16.7. The lowest BCUT2D eigenvalue weighted by Gasteiger charge is -2.28. The van der Waals surface area contributed by atoms with Gasteiger partial charge < -0.3 is 28.5 Å². The molecule has 32 heavy (non-hydrogen) atoms. The van der Waals surface area contributed by atoms with E-state index >= 15 is 0 Å². The number of hydrogen-bond acceptors (Lipinski definition) is 7. The number of fused-ring (bicyclic) bond motifs is 4. The Morgan fingerprint density at radius 1 is 1.16 bits per heavy atom. The molecular formula is C25H27NO6. The number of nitrogens with zero attached hydrogens (tertiary/aromatic N) is 1. The van der Waals surface area contributed by atoms with Crippen molar-refractivity contribution in [2.75, 3.05) is 27.4 Å². The van der Waals surface area contributed by atoms with Gasteiger partial charge in [0.15, 0.2) is 17.6 Å². The summed E-state index contributed by atoms with van der Waals surface area (Å²) in [5.74, 6) is 3.52. The molecule has 7 heteroatoms. The molecule has 0 spiro atoms. The zero-order valence-corrected chi connectivity index (χ0v) is 18.8. The number of hydrogen-bond donors (Lipinski definition) is 0. The lowest BCUT2D eigenvalue weighted by molar-refractivity contribution is 0.0285. The molecular weight excluding hydrogens is 410 g/mol. The third-order valence-corrected chi connectivity index (χ3v) is 6.20. The molecule has 3 atom stereocenters. The van der Waals surface area contributed by atoms with E-state index in [1.165, 1.54) is 0 Å². The first kappa shape index (κ1) is 20.5. The summed E-state index contributed by atoms with van der Waals surface area (Å²) >= 11 is 0. The molecule has 3 heterocycles. The van der Waals surface area contributed by atoms with Crippen LogP contribution in [0.5, 0.6) is 28.7 Å². The summed E-state index contributed by atoms with van der Waals surface area (Å²) in [7, 11) is 3.23. The van der Waals surface area contributed by atoms with Crippen LogP contribution in [0, 0.1) is 0 Å². The Morgan fingerprint density at radius 2 is 1.94 bits per heavy atom. The smallest absolute Gasteiger partial charge is 0.173 e. The predicted octanol–water partition coefficient (Wildman–Crippen LogP) is 4.26. The minimum Gasteiger partial charge on any atom is -0.493 e. The molecule has 0 saturated heterocycles. The molecule has 2 aromatic carbocycles. The van der Waals surface area contributed by atoms with Crippen LogP contribution in [0.2, 0.25) is 0 Å². The van der Waals surface area contributed by atoms with E-state index in [9.17, 15) is 0 Å². The summed E-state index contributed by atoms with van der Waals surface area (Å²) in [6.07, 6.45) is 0.452. The second-order valence-electron chi connectivity index (χ2n) is 8.16. The average molecular weight is 437 g/mol. The number of methoxy groups -OCH3 is 2. The Bertz CT molecular complexity index is 1110. The van der Waals surface area contributed by atoms with Gasteiger partial charge in [-0.05, 0) is 37.6 Å². The van der Waals surface area contributed by atoms with Crippen molar-refractivity contribution in [1.29, 1.82) is 0 Å². The maximum absolute atomic E-state index is 6.15. The van der Waals surface area contributed by atoms with Gasteiger partial charge in [-0.3, -0.25) is 0 Å². The summed E-state index contributed by atoms with van der Waals surface area (Å²) in [5, 5.41) is 4.50. The lowest BCUT2D eigenvalue weighted by atomic mass is 9.83. The maximum atomic E-state index is 6.15. The van der Waals surface area contributed by atoms with Crippen LogP contribution in [0.3, 0.4) is 0 Å². The Kier molecular flexibility index (Phi) is 5.12. The van der Waals surface area contributed by atoms with Gasteiger partial charge in [-0.2, -0.15) is 0 Å². The molecule has 5 rings (SSSR count). The SMILES string of the molecule is C=C(C)C1Cc2c(ccc(C3=NOC4COc5cc(OC)c(OC)cc5C34)c2OCC)O1. The van der Waals surface area contributed by atoms with Crippen LogP contribution in [0.15, 0.2) is 41.6 Å². The Balaban J connectivity index is 1.60. The molecule has 3 unspecified atom stereocenters. The first-order chi connectivity index (χ1) is 15.5. The molecule has 0 aromatic heterocycles. The van der Waals surface area contributed by atoms with Crippen LogP contribution in [0.1, 0.15) is 36.5 Å². The summed E-state index contributed by atoms with van der Waals surface area (Å²) in [4.78, 5) is 5.81. The fraction of sp³-hybridized carbons (Fsp3) is 0.400. The van der Waals surface area contributed by atoms with Gasteiger partial charge in [0.2, 0.25) is 0 Å². The van der Waals surface area contributed by atoms with Crippen LogP contribution in [0.25, 0.3) is 0 Å². The van der Waals surface area contributed by atoms with E-state index in [2.05, 4.69) is 11.7 Å². The van der Waals surface area contributed by atoms with Gasteiger partial charge in [0.1, 0.15) is 35.7 Å². The van der Waals surface area contributed by atoms with Gasteiger partial charge in [0.05, 0.1) is 26.7 Å². The second kappa shape index (κ2) is 7.97. The standard InChI is InChI=1S/C25H27NO6/c1-6-29-25-14(7-8-17-16(25)10-18(31-17)13(2)3)24-23-15-9-20(27-4)21(28-5)11-19(15)30-12-22(23)32-26-24/h7-9,11,18,22-23H,2,6,10,12H2,1,3-5H3. The van der Waals surface area contributed by atoms with E-state index in [1.807, 2.05) is 38.1 Å². The highest BCUT2D eigenvalue weighted by Gasteiger charge is 2.44. The van der Waals surface area contributed by atoms with Gasteiger partial charge in [-0.25, -0.2) is 0 Å². The summed E-state index contributed by atoms with van der Waals surface area (Å²) in [5.41, 5.74) is 4.71. The normalized spacial score (nSPS) is 22.4. The van der Waals surface area contributed by atoms with Crippen molar-refractivity contribution < 1.29 is 28.5 Å². The first-order valence-electron chi connectivity index (χ1n) is 10.8. The molecule has 0 fully saturated rings. The second-order valence-corrected chi connectivity index (χ2v) is 8.16. The van der Waals surface area contributed by atoms with Crippen molar-refractivity contribution in [3.05, 3.63) is 53.1 Å². The van der Waals surface area contributed by atoms with E-state index in [1.54, 1.807) is 14.2 Å². The van der Waals surface area contributed by atoms with Crippen molar-refractivity contribution in [1.82, 2.24) is 0 Å². The summed E-state index contributed by atoms with van der Waals surface area (Å²) in [6, 6.07) is 7.80. The molecule has 168 valence electrons. The van der Waals surface area contributed by atoms with E-state index in [4.69, 9.17) is 28.5 Å². The minimum absolute atomic E-state index is 0.0468. The van der Waals surface area contributed by atoms with E-state index in [-0.39, 0.29) is 18.1 Å². The van der Waals surface area contributed by atoms with E-state index < -0.39 is 0 Å². The summed E-state index contributed by atoms with van der Waals surface area (Å²) in [6.45, 7) is 8.96. The van der Waals surface area contributed by atoms with Gasteiger partial charge in [-0.15, -0.1) is 0 Å². The largest absolute Gasteiger partial charge is 0.493 e. The zero-order valence-electron chi connectivity index (χ0n) is 18.8. The van der Waals surface area contributed by atoms with Crippen LogP contribution in [-0.4, -0.2) is 45.4 Å². The fourth-order valence-electron chi connectivity index (χ4n) is 4.60. The lowest BCUT2D eigenvalue weighted by Crippen LogP contribution is -2.32. The molecule has 7 nitrogen and oxygen atoms in total. The van der Waals surface area contributed by atoms with Crippen molar-refractivity contribution in [2.24, 2.45) is 5.16 Å². The molecule has 0 N–H and O–H groups in total. The average Bonchev–Trinajstić information content (AvgIpc) is 3.43. The highest BCUT2D eigenvalue weighted by Crippen LogP contribution is 2.48. The third kappa shape index (κ3) is 3.15. The highest BCUT2D eigenvalue weighted by molar-refractivity contribution is 6.09. The van der Waals surface area contributed by atoms with Crippen LogP contribution >= 0.6 is 0 Å². The molecule has 0 aliphatic carbocycles. The molecule has 0 bridgehead atoms. The molecule has 0 radical (unpaired) electrons. The van der Waals surface area contributed by atoms with Gasteiger partial charge in [0.25, 0.3) is 0 Å². The number of rotatable bonds is 6. The van der Waals surface area contributed by atoms with Crippen LogP contribution in [0.4, 0.5) is 0 Å². The van der Waals surface area contributed by atoms with Gasteiger partial charge >= 0.3 is 0 Å². The Labute approximate surface area is 187 Å². The van der Waals surface area contributed by atoms with E-state index in [0.717, 1.165) is 51.6 Å². The number of ether oxygens (including phenoxy) is 5. The van der Waals surface area contributed by atoms with Crippen LogP contribution < -0.4 is 23.7 Å². The van der Waals surface area contributed by atoms with Crippen LogP contribution in [-0.2, 0) is 11.3 Å². The first-order valence-corrected chi connectivity index (χ1v) is 10.8. The topological polar surface area (TPSA) is 67.7 Å². The van der Waals surface area contributed by atoms with Gasteiger partial charge in [-0.1, -0.05) is 11.7 Å².